The van der Waals surface area contributed by atoms with Gasteiger partial charge >= 0.3 is 5.97 Å². The molecule has 0 aromatic carbocycles. The molecule has 8 heteroatoms. The third kappa shape index (κ3) is 3.43. The number of nitrogens with zero attached hydrogens (tertiary/aromatic N) is 2. The van der Waals surface area contributed by atoms with Gasteiger partial charge in [-0.2, -0.15) is 0 Å². The normalized spacial score (nSPS) is 12.3. The van der Waals surface area contributed by atoms with Gasteiger partial charge in [0.15, 0.2) is 5.92 Å². The SMILES string of the molecule is CCOC(=O)C(C(=O)C(F)F)c1cnc(Cl)cn1. The van der Waals surface area contributed by atoms with Gasteiger partial charge in [0.25, 0.3) is 6.43 Å². The molecule has 0 spiro atoms. The Hall–Kier alpha value is -1.63. The molecule has 1 heterocycles. The number of carbonyl (C=O) groups is 2. The van der Waals surface area contributed by atoms with E-state index in [9.17, 15) is 18.4 Å². The van der Waals surface area contributed by atoms with Crippen LogP contribution in [0.3, 0.4) is 0 Å². The summed E-state index contributed by atoms with van der Waals surface area (Å²) in [5.74, 6) is -4.45. The molecule has 98 valence electrons. The summed E-state index contributed by atoms with van der Waals surface area (Å²) in [7, 11) is 0. The Morgan fingerprint density at radius 3 is 2.50 bits per heavy atom. The zero-order valence-electron chi connectivity index (χ0n) is 9.27. The van der Waals surface area contributed by atoms with Crippen molar-refractivity contribution in [3.8, 4) is 0 Å². The van der Waals surface area contributed by atoms with Crippen LogP contribution in [0.4, 0.5) is 8.78 Å². The molecule has 0 fully saturated rings. The zero-order valence-corrected chi connectivity index (χ0v) is 10.0. The molecule has 0 aliphatic rings. The summed E-state index contributed by atoms with van der Waals surface area (Å²) in [4.78, 5) is 30.0. The molecule has 1 aromatic rings. The van der Waals surface area contributed by atoms with Crippen molar-refractivity contribution in [2.45, 2.75) is 19.3 Å². The molecule has 0 N–H and O–H groups in total. The van der Waals surface area contributed by atoms with Crippen molar-refractivity contribution in [1.82, 2.24) is 9.97 Å². The molecular formula is C10H9ClF2N2O3. The molecule has 1 unspecified atom stereocenters. The number of carbonyl (C=O) groups excluding carboxylic acids is 2. The number of rotatable bonds is 5. The van der Waals surface area contributed by atoms with Crippen molar-refractivity contribution < 1.29 is 23.1 Å². The van der Waals surface area contributed by atoms with Crippen LogP contribution in [-0.2, 0) is 14.3 Å². The number of ketones is 1. The maximum Gasteiger partial charge on any atom is 0.322 e. The molecule has 1 rings (SSSR count). The molecule has 0 saturated heterocycles. The molecular weight excluding hydrogens is 270 g/mol. The largest absolute Gasteiger partial charge is 0.465 e. The van der Waals surface area contributed by atoms with Gasteiger partial charge in [-0.25, -0.2) is 13.8 Å². The Morgan fingerprint density at radius 2 is 2.06 bits per heavy atom. The van der Waals surface area contributed by atoms with E-state index in [4.69, 9.17) is 11.6 Å². The van der Waals surface area contributed by atoms with Crippen molar-refractivity contribution in [3.63, 3.8) is 0 Å². The van der Waals surface area contributed by atoms with E-state index in [2.05, 4.69) is 14.7 Å². The van der Waals surface area contributed by atoms with Crippen LogP contribution in [0.5, 0.6) is 0 Å². The van der Waals surface area contributed by atoms with Crippen LogP contribution in [0.25, 0.3) is 0 Å². The average molecular weight is 279 g/mol. The van der Waals surface area contributed by atoms with Crippen LogP contribution >= 0.6 is 11.6 Å². The van der Waals surface area contributed by atoms with E-state index in [-0.39, 0.29) is 17.5 Å². The van der Waals surface area contributed by atoms with Gasteiger partial charge in [0.1, 0.15) is 5.15 Å². The Balaban J connectivity index is 3.07. The number of Topliss-reactive ketones (excluding diaryl/α,β-unsaturated/α-hetero) is 1. The highest BCUT2D eigenvalue weighted by Crippen LogP contribution is 2.20. The van der Waals surface area contributed by atoms with Crippen LogP contribution in [0, 0.1) is 0 Å². The highest BCUT2D eigenvalue weighted by atomic mass is 35.5. The van der Waals surface area contributed by atoms with Crippen molar-refractivity contribution in [3.05, 3.63) is 23.2 Å². The van der Waals surface area contributed by atoms with Gasteiger partial charge in [-0.05, 0) is 6.92 Å². The third-order valence-electron chi connectivity index (χ3n) is 1.96. The number of ether oxygens (including phenoxy) is 1. The predicted octanol–water partition coefficient (Wildman–Crippen LogP) is 1.61. The first-order chi connectivity index (χ1) is 8.47. The lowest BCUT2D eigenvalue weighted by Gasteiger charge is -2.13. The second kappa shape index (κ2) is 6.34. The molecule has 0 aliphatic heterocycles. The van der Waals surface area contributed by atoms with Gasteiger partial charge in [0.2, 0.25) is 5.78 Å². The summed E-state index contributed by atoms with van der Waals surface area (Å²) in [6, 6.07) is 0. The van der Waals surface area contributed by atoms with E-state index in [1.165, 1.54) is 6.92 Å². The van der Waals surface area contributed by atoms with E-state index in [0.29, 0.717) is 0 Å². The maximum absolute atomic E-state index is 12.4. The minimum Gasteiger partial charge on any atom is -0.465 e. The van der Waals surface area contributed by atoms with Gasteiger partial charge in [0, 0.05) is 0 Å². The number of hydrogen-bond donors (Lipinski definition) is 0. The standard InChI is InChI=1S/C10H9ClF2N2O3/c1-2-18-10(17)7(8(16)9(12)13)5-3-15-6(11)4-14-5/h3-4,7,9H,2H2,1H3. The Labute approximate surface area is 106 Å². The summed E-state index contributed by atoms with van der Waals surface area (Å²) >= 11 is 5.48. The summed E-state index contributed by atoms with van der Waals surface area (Å²) in [5, 5.41) is 0.0193. The lowest BCUT2D eigenvalue weighted by atomic mass is 10.0. The van der Waals surface area contributed by atoms with Crippen molar-refractivity contribution in [1.29, 1.82) is 0 Å². The first-order valence-corrected chi connectivity index (χ1v) is 5.31. The minimum atomic E-state index is -3.29. The van der Waals surface area contributed by atoms with Crippen LogP contribution in [0.15, 0.2) is 12.4 Å². The van der Waals surface area contributed by atoms with Crippen LogP contribution in [0.1, 0.15) is 18.5 Å². The zero-order chi connectivity index (χ0) is 13.7. The van der Waals surface area contributed by atoms with Gasteiger partial charge < -0.3 is 4.74 Å². The fourth-order valence-electron chi connectivity index (χ4n) is 1.21. The van der Waals surface area contributed by atoms with Crippen LogP contribution in [-0.4, -0.2) is 34.8 Å². The predicted molar refractivity (Wildman–Crippen MR) is 57.4 cm³/mol. The van der Waals surface area contributed by atoms with Crippen LogP contribution in [0.2, 0.25) is 5.15 Å². The highest BCUT2D eigenvalue weighted by Gasteiger charge is 2.36. The van der Waals surface area contributed by atoms with Gasteiger partial charge in [-0.15, -0.1) is 0 Å². The topological polar surface area (TPSA) is 69.2 Å². The quantitative estimate of drug-likeness (QED) is 0.604. The highest BCUT2D eigenvalue weighted by molar-refractivity contribution is 6.29. The molecule has 0 amide bonds. The molecule has 1 atom stereocenters. The Morgan fingerprint density at radius 1 is 1.39 bits per heavy atom. The first kappa shape index (κ1) is 14.4. The van der Waals surface area contributed by atoms with E-state index in [0.717, 1.165) is 12.4 Å². The molecule has 18 heavy (non-hydrogen) atoms. The monoisotopic (exact) mass is 278 g/mol. The Kier molecular flexibility index (Phi) is 5.08. The van der Waals surface area contributed by atoms with Crippen LogP contribution < -0.4 is 0 Å². The number of hydrogen-bond acceptors (Lipinski definition) is 5. The summed E-state index contributed by atoms with van der Waals surface area (Å²) in [5.41, 5.74) is -0.219. The molecule has 0 bridgehead atoms. The second-order valence-electron chi connectivity index (χ2n) is 3.15. The summed E-state index contributed by atoms with van der Waals surface area (Å²) in [6.45, 7) is 1.46. The third-order valence-corrected chi connectivity index (χ3v) is 2.15. The molecule has 0 saturated carbocycles. The summed E-state index contributed by atoms with van der Waals surface area (Å²) in [6.07, 6.45) is -1.25. The number of esters is 1. The van der Waals surface area contributed by atoms with E-state index in [1.807, 2.05) is 0 Å². The Bertz CT molecular complexity index is 439. The van der Waals surface area contributed by atoms with Gasteiger partial charge in [0.05, 0.1) is 24.7 Å². The number of halogens is 3. The van der Waals surface area contributed by atoms with Crippen molar-refractivity contribution >= 4 is 23.4 Å². The van der Waals surface area contributed by atoms with Crippen molar-refractivity contribution in [2.24, 2.45) is 0 Å². The minimum absolute atomic E-state index is 0.0193. The summed E-state index contributed by atoms with van der Waals surface area (Å²) < 4.78 is 29.4. The fraction of sp³-hybridized carbons (Fsp3) is 0.400. The van der Waals surface area contributed by atoms with E-state index >= 15 is 0 Å². The fourth-order valence-corrected chi connectivity index (χ4v) is 1.30. The van der Waals surface area contributed by atoms with Crippen molar-refractivity contribution in [2.75, 3.05) is 6.61 Å². The van der Waals surface area contributed by atoms with E-state index < -0.39 is 24.1 Å². The number of alkyl halides is 2. The smallest absolute Gasteiger partial charge is 0.322 e. The lowest BCUT2D eigenvalue weighted by Crippen LogP contribution is -2.29. The first-order valence-electron chi connectivity index (χ1n) is 4.93. The molecule has 0 aliphatic carbocycles. The maximum atomic E-state index is 12.4. The molecule has 1 aromatic heterocycles. The molecule has 0 radical (unpaired) electrons. The van der Waals surface area contributed by atoms with E-state index in [1.54, 1.807) is 0 Å². The lowest BCUT2D eigenvalue weighted by molar-refractivity contribution is -0.150. The second-order valence-corrected chi connectivity index (χ2v) is 3.54. The number of aromatic nitrogens is 2. The van der Waals surface area contributed by atoms with Gasteiger partial charge in [-0.3, -0.25) is 14.6 Å². The molecule has 5 nitrogen and oxygen atoms in total. The van der Waals surface area contributed by atoms with Gasteiger partial charge in [-0.1, -0.05) is 11.6 Å². The average Bonchev–Trinajstić information content (AvgIpc) is 2.32.